The van der Waals surface area contributed by atoms with E-state index in [1.165, 1.54) is 13.2 Å². The summed E-state index contributed by atoms with van der Waals surface area (Å²) >= 11 is 0. The number of piperazine rings is 1. The number of fused-ring (bicyclic) bond motifs is 5. The lowest BCUT2D eigenvalue weighted by molar-refractivity contribution is -0.208. The van der Waals surface area contributed by atoms with Crippen molar-refractivity contribution in [3.05, 3.63) is 24.3 Å². The Bertz CT molecular complexity index is 944. The van der Waals surface area contributed by atoms with Crippen LogP contribution in [0.5, 0.6) is 0 Å². The van der Waals surface area contributed by atoms with E-state index in [-0.39, 0.29) is 40.8 Å². The molecule has 4 aliphatic carbocycles. The van der Waals surface area contributed by atoms with Crippen molar-refractivity contribution in [2.24, 2.45) is 34.5 Å². The van der Waals surface area contributed by atoms with Crippen molar-refractivity contribution >= 4 is 12.1 Å². The van der Waals surface area contributed by atoms with Crippen LogP contribution in [0.2, 0.25) is 0 Å². The maximum absolute atomic E-state index is 12.7. The molecule has 1 aliphatic heterocycles. The molecule has 8 atom stereocenters. The van der Waals surface area contributed by atoms with Crippen LogP contribution in [0, 0.1) is 34.5 Å². The Labute approximate surface area is 222 Å². The summed E-state index contributed by atoms with van der Waals surface area (Å²) in [6.45, 7) is 12.1. The second-order valence-electron chi connectivity index (χ2n) is 12.9. The van der Waals surface area contributed by atoms with Gasteiger partial charge in [0.2, 0.25) is 0 Å². The van der Waals surface area contributed by atoms with Gasteiger partial charge in [-0.1, -0.05) is 32.1 Å². The zero-order valence-electron chi connectivity index (χ0n) is 23.0. The van der Waals surface area contributed by atoms with Crippen LogP contribution < -0.4 is 5.32 Å². The van der Waals surface area contributed by atoms with Crippen LogP contribution in [0.15, 0.2) is 24.3 Å². The molecular formula is C30H46N2O5. The fraction of sp³-hybridized carbons (Fsp3) is 0.800. The summed E-state index contributed by atoms with van der Waals surface area (Å²) in [5.41, 5.74) is 0.166. The molecule has 206 valence electrons. The Kier molecular flexibility index (Phi) is 7.25. The summed E-state index contributed by atoms with van der Waals surface area (Å²) in [5, 5.41) is 15.7. The highest BCUT2D eigenvalue weighted by atomic mass is 16.6. The maximum atomic E-state index is 12.7. The third-order valence-electron chi connectivity index (χ3n) is 11.5. The second-order valence-corrected chi connectivity index (χ2v) is 12.9. The van der Waals surface area contributed by atoms with Gasteiger partial charge in [0.1, 0.15) is 6.10 Å². The van der Waals surface area contributed by atoms with E-state index in [1.54, 1.807) is 6.08 Å². The number of methoxy groups -OCH3 is 1. The number of amides is 1. The molecule has 1 amide bonds. The number of hydrogen-bond acceptors (Lipinski definition) is 6. The summed E-state index contributed by atoms with van der Waals surface area (Å²) in [6, 6.07) is 0. The van der Waals surface area contributed by atoms with Gasteiger partial charge in [0.15, 0.2) is 0 Å². The number of carbonyl (C=O) groups excluding carboxylic acids is 2. The molecule has 0 aromatic rings. The first-order chi connectivity index (χ1) is 17.6. The standard InChI is InChI=1S/C30H46N2O5/c1-20(5-8-26(33)36-4)23-11-14-30(35)25-7-6-21-19-22(37-27(34)32-17-15-31-16-18-32)9-12-28(21,2)24(25)10-13-29(23,30)3/h5,8,21-25,31,35H,1,6-7,9-19H2,2-4H3. The summed E-state index contributed by atoms with van der Waals surface area (Å²) in [6.07, 6.45) is 12.0. The van der Waals surface area contributed by atoms with Gasteiger partial charge in [-0.05, 0) is 86.9 Å². The van der Waals surface area contributed by atoms with E-state index in [0.717, 1.165) is 89.5 Å². The average Bonchev–Trinajstić information content (AvgIpc) is 3.18. The van der Waals surface area contributed by atoms with Crippen molar-refractivity contribution in [1.29, 1.82) is 0 Å². The minimum absolute atomic E-state index is 0.00902. The third kappa shape index (κ3) is 4.44. The van der Waals surface area contributed by atoms with Crippen molar-refractivity contribution in [1.82, 2.24) is 10.2 Å². The first kappa shape index (κ1) is 26.7. The van der Waals surface area contributed by atoms with Crippen molar-refractivity contribution in [2.45, 2.75) is 83.3 Å². The number of nitrogens with zero attached hydrogens (tertiary/aromatic N) is 1. The smallest absolute Gasteiger partial charge is 0.410 e. The van der Waals surface area contributed by atoms with Crippen molar-refractivity contribution in [3.63, 3.8) is 0 Å². The number of allylic oxidation sites excluding steroid dienone is 2. The third-order valence-corrected chi connectivity index (χ3v) is 11.5. The zero-order chi connectivity index (χ0) is 26.4. The lowest BCUT2D eigenvalue weighted by Gasteiger charge is -2.63. The Hall–Kier alpha value is -1.86. The number of aliphatic hydroxyl groups is 1. The summed E-state index contributed by atoms with van der Waals surface area (Å²) < 4.78 is 10.8. The van der Waals surface area contributed by atoms with Gasteiger partial charge in [-0.15, -0.1) is 0 Å². The second kappa shape index (κ2) is 10.0. The molecule has 0 aromatic heterocycles. The highest BCUT2D eigenvalue weighted by Crippen LogP contribution is 2.69. The molecule has 7 heteroatoms. The predicted molar refractivity (Wildman–Crippen MR) is 142 cm³/mol. The van der Waals surface area contributed by atoms with Crippen LogP contribution in [-0.4, -0.2) is 67.1 Å². The molecule has 1 saturated heterocycles. The largest absolute Gasteiger partial charge is 0.466 e. The molecule has 5 aliphatic rings. The van der Waals surface area contributed by atoms with E-state index in [0.29, 0.717) is 11.8 Å². The molecule has 5 fully saturated rings. The van der Waals surface area contributed by atoms with Gasteiger partial charge in [-0.3, -0.25) is 0 Å². The molecule has 0 aromatic carbocycles. The van der Waals surface area contributed by atoms with Gasteiger partial charge in [0.25, 0.3) is 0 Å². The minimum Gasteiger partial charge on any atom is -0.466 e. The van der Waals surface area contributed by atoms with Gasteiger partial charge >= 0.3 is 12.1 Å². The molecule has 0 bridgehead atoms. The highest BCUT2D eigenvalue weighted by Gasteiger charge is 2.67. The van der Waals surface area contributed by atoms with Crippen molar-refractivity contribution < 1.29 is 24.2 Å². The fourth-order valence-electron chi connectivity index (χ4n) is 9.31. The van der Waals surface area contributed by atoms with E-state index >= 15 is 0 Å². The molecular weight excluding hydrogens is 468 g/mol. The van der Waals surface area contributed by atoms with Crippen LogP contribution >= 0.6 is 0 Å². The van der Waals surface area contributed by atoms with Crippen molar-refractivity contribution in [2.75, 3.05) is 33.3 Å². The fourth-order valence-corrected chi connectivity index (χ4v) is 9.31. The number of esters is 1. The number of hydrogen-bond donors (Lipinski definition) is 2. The van der Waals surface area contributed by atoms with Crippen molar-refractivity contribution in [3.8, 4) is 0 Å². The Morgan fingerprint density at radius 3 is 2.49 bits per heavy atom. The molecule has 1 heterocycles. The lowest BCUT2D eigenvalue weighted by Crippen LogP contribution is -2.62. The Morgan fingerprint density at radius 1 is 1.00 bits per heavy atom. The lowest BCUT2D eigenvalue weighted by atomic mass is 9.43. The average molecular weight is 515 g/mol. The minimum atomic E-state index is -0.706. The predicted octanol–water partition coefficient (Wildman–Crippen LogP) is 4.46. The Morgan fingerprint density at radius 2 is 1.76 bits per heavy atom. The van der Waals surface area contributed by atoms with Crippen LogP contribution in [0.25, 0.3) is 0 Å². The number of rotatable bonds is 4. The van der Waals surface area contributed by atoms with E-state index in [1.807, 2.05) is 4.90 Å². The molecule has 0 radical (unpaired) electrons. The zero-order valence-corrected chi connectivity index (χ0v) is 23.0. The van der Waals surface area contributed by atoms with E-state index < -0.39 is 5.60 Å². The summed E-state index contributed by atoms with van der Waals surface area (Å²) in [4.78, 5) is 26.2. The van der Waals surface area contributed by atoms with Crippen LogP contribution in [-0.2, 0) is 14.3 Å². The molecule has 4 saturated carbocycles. The van der Waals surface area contributed by atoms with E-state index in [9.17, 15) is 14.7 Å². The SMILES string of the molecule is C=C(C=CC(=O)OC)C1CCC2(O)C3CCC4CC(OC(=O)N5CCNCC5)CCC4(C)C3CCC12C. The molecule has 8 unspecified atom stereocenters. The van der Waals surface area contributed by atoms with Gasteiger partial charge < -0.3 is 24.8 Å². The molecule has 37 heavy (non-hydrogen) atoms. The maximum Gasteiger partial charge on any atom is 0.410 e. The monoisotopic (exact) mass is 514 g/mol. The number of nitrogens with one attached hydrogen (secondary N) is 1. The Balaban J connectivity index is 1.27. The number of ether oxygens (including phenoxy) is 2. The summed E-state index contributed by atoms with van der Waals surface area (Å²) in [7, 11) is 1.38. The van der Waals surface area contributed by atoms with Crippen LogP contribution in [0.4, 0.5) is 4.79 Å². The molecule has 0 spiro atoms. The van der Waals surface area contributed by atoms with Crippen LogP contribution in [0.3, 0.4) is 0 Å². The van der Waals surface area contributed by atoms with Gasteiger partial charge in [0.05, 0.1) is 12.7 Å². The first-order valence-electron chi connectivity index (χ1n) is 14.5. The van der Waals surface area contributed by atoms with Gasteiger partial charge in [-0.2, -0.15) is 0 Å². The van der Waals surface area contributed by atoms with Gasteiger partial charge in [-0.25, -0.2) is 9.59 Å². The topological polar surface area (TPSA) is 88.1 Å². The van der Waals surface area contributed by atoms with Crippen LogP contribution in [0.1, 0.15) is 71.6 Å². The molecule has 2 N–H and O–H groups in total. The normalized spacial score (nSPS) is 43.5. The first-order valence-corrected chi connectivity index (χ1v) is 14.5. The quantitative estimate of drug-likeness (QED) is 0.327. The number of carbonyl (C=O) groups is 2. The molecule has 5 rings (SSSR count). The highest BCUT2D eigenvalue weighted by molar-refractivity contribution is 5.82. The molecule has 7 nitrogen and oxygen atoms in total. The summed E-state index contributed by atoms with van der Waals surface area (Å²) in [5.74, 6) is 1.11. The van der Waals surface area contributed by atoms with E-state index in [2.05, 4.69) is 25.7 Å². The van der Waals surface area contributed by atoms with E-state index in [4.69, 9.17) is 9.47 Å². The van der Waals surface area contributed by atoms with Gasteiger partial charge in [0, 0.05) is 37.7 Å².